The number of hydrogen-bond donors (Lipinski definition) is 0. The van der Waals surface area contributed by atoms with Crippen molar-refractivity contribution >= 4 is 35.0 Å². The van der Waals surface area contributed by atoms with Gasteiger partial charge in [-0.3, -0.25) is 0 Å². The van der Waals surface area contributed by atoms with Gasteiger partial charge in [0, 0.05) is 16.8 Å². The smallest absolute Gasteiger partial charge is 0.218 e. The summed E-state index contributed by atoms with van der Waals surface area (Å²) in [5.41, 5.74) is 0.919. The first kappa shape index (κ1) is 15.4. The van der Waals surface area contributed by atoms with Crippen molar-refractivity contribution in [2.24, 2.45) is 0 Å². The molecule has 2 rings (SSSR count). The normalized spacial score (nSPS) is 11.7. The van der Waals surface area contributed by atoms with Crippen LogP contribution in [0.5, 0.6) is 0 Å². The second kappa shape index (κ2) is 6.20. The van der Waals surface area contributed by atoms with Gasteiger partial charge in [-0.2, -0.15) is 13.2 Å². The molecule has 0 amide bonds. The second-order valence-electron chi connectivity index (χ2n) is 3.77. The van der Waals surface area contributed by atoms with Crippen molar-refractivity contribution in [1.29, 1.82) is 0 Å². The van der Waals surface area contributed by atoms with Crippen LogP contribution in [-0.4, -0.2) is 9.97 Å². The minimum absolute atomic E-state index is 0.173. The number of benzene rings is 1. The molecule has 0 bridgehead atoms. The summed E-state index contributed by atoms with van der Waals surface area (Å²) in [5.74, 6) is -0.773. The summed E-state index contributed by atoms with van der Waals surface area (Å²) in [7, 11) is 0. The summed E-state index contributed by atoms with van der Waals surface area (Å²) < 4.78 is 37.6. The predicted octanol–water partition coefficient (Wildman–Crippen LogP) is 5.09. The van der Waals surface area contributed by atoms with E-state index in [9.17, 15) is 13.2 Å². The SMILES string of the molecule is FC(F)(F)c1nc(Cl)cc(SCc2ccc(Cl)cc2)n1. The highest BCUT2D eigenvalue weighted by atomic mass is 35.5. The van der Waals surface area contributed by atoms with Crippen molar-refractivity contribution in [3.8, 4) is 0 Å². The number of halogens is 5. The number of hydrogen-bond acceptors (Lipinski definition) is 3. The highest BCUT2D eigenvalue weighted by Crippen LogP contribution is 2.30. The third kappa shape index (κ3) is 4.26. The molecule has 8 heteroatoms. The lowest BCUT2D eigenvalue weighted by atomic mass is 10.2. The minimum Gasteiger partial charge on any atom is -0.218 e. The number of rotatable bonds is 3. The van der Waals surface area contributed by atoms with Gasteiger partial charge in [0.05, 0.1) is 0 Å². The summed E-state index contributed by atoms with van der Waals surface area (Å²) in [6, 6.07) is 8.32. The average molecular weight is 339 g/mol. The average Bonchev–Trinajstić information content (AvgIpc) is 2.36. The predicted molar refractivity (Wildman–Crippen MR) is 73.1 cm³/mol. The zero-order valence-electron chi connectivity index (χ0n) is 9.79. The monoisotopic (exact) mass is 338 g/mol. The van der Waals surface area contributed by atoms with E-state index >= 15 is 0 Å². The van der Waals surface area contributed by atoms with E-state index in [4.69, 9.17) is 23.2 Å². The van der Waals surface area contributed by atoms with Gasteiger partial charge in [0.15, 0.2) is 0 Å². The van der Waals surface area contributed by atoms with Gasteiger partial charge in [-0.1, -0.05) is 35.3 Å². The Kier molecular flexibility index (Phi) is 4.78. The summed E-state index contributed by atoms with van der Waals surface area (Å²) >= 11 is 12.5. The maximum absolute atomic E-state index is 12.5. The van der Waals surface area contributed by atoms with Gasteiger partial charge in [-0.25, -0.2) is 9.97 Å². The molecule has 20 heavy (non-hydrogen) atoms. The molecule has 0 radical (unpaired) electrons. The van der Waals surface area contributed by atoms with Crippen LogP contribution in [0.2, 0.25) is 10.2 Å². The van der Waals surface area contributed by atoms with Gasteiger partial charge in [0.2, 0.25) is 5.82 Å². The highest BCUT2D eigenvalue weighted by Gasteiger charge is 2.35. The fraction of sp³-hybridized carbons (Fsp3) is 0.167. The van der Waals surface area contributed by atoms with Gasteiger partial charge < -0.3 is 0 Å². The standard InChI is InChI=1S/C12H7Cl2F3N2S/c13-8-3-1-7(2-4-8)6-20-10-5-9(14)18-11(19-10)12(15,16)17/h1-5H,6H2. The molecule has 0 aliphatic heterocycles. The lowest BCUT2D eigenvalue weighted by Gasteiger charge is -2.07. The summed E-state index contributed by atoms with van der Waals surface area (Å²) in [5, 5.41) is 0.543. The Balaban J connectivity index is 2.13. The van der Waals surface area contributed by atoms with Crippen LogP contribution in [0.4, 0.5) is 13.2 Å². The molecule has 2 nitrogen and oxygen atoms in total. The first-order chi connectivity index (χ1) is 9.34. The zero-order chi connectivity index (χ0) is 14.8. The molecule has 0 saturated carbocycles. The van der Waals surface area contributed by atoms with Crippen LogP contribution in [0.15, 0.2) is 35.4 Å². The molecule has 0 unspecified atom stereocenters. The van der Waals surface area contributed by atoms with E-state index in [2.05, 4.69) is 9.97 Å². The molecule has 1 heterocycles. The highest BCUT2D eigenvalue weighted by molar-refractivity contribution is 7.98. The Morgan fingerprint density at radius 3 is 2.30 bits per heavy atom. The van der Waals surface area contributed by atoms with E-state index in [0.717, 1.165) is 17.3 Å². The van der Waals surface area contributed by atoms with E-state index in [1.807, 2.05) is 0 Å². The molecule has 0 atom stereocenters. The zero-order valence-corrected chi connectivity index (χ0v) is 12.1. The molecule has 0 fully saturated rings. The van der Waals surface area contributed by atoms with Crippen LogP contribution >= 0.6 is 35.0 Å². The molecular formula is C12H7Cl2F3N2S. The first-order valence-corrected chi connectivity index (χ1v) is 7.08. The lowest BCUT2D eigenvalue weighted by molar-refractivity contribution is -0.145. The van der Waals surface area contributed by atoms with Gasteiger partial charge in [0.1, 0.15) is 10.2 Å². The second-order valence-corrected chi connectivity index (χ2v) is 5.58. The van der Waals surface area contributed by atoms with Crippen molar-refractivity contribution in [2.75, 3.05) is 0 Å². The molecule has 0 spiro atoms. The maximum Gasteiger partial charge on any atom is 0.451 e. The molecule has 2 aromatic rings. The third-order valence-corrected chi connectivity index (χ3v) is 3.65. The Labute approximate surface area is 127 Å². The van der Waals surface area contributed by atoms with Gasteiger partial charge in [-0.05, 0) is 17.7 Å². The molecule has 0 saturated heterocycles. The molecule has 1 aromatic heterocycles. The van der Waals surface area contributed by atoms with Gasteiger partial charge in [-0.15, -0.1) is 11.8 Å². The summed E-state index contributed by atoms with van der Waals surface area (Å²) in [6.45, 7) is 0. The van der Waals surface area contributed by atoms with E-state index in [0.29, 0.717) is 10.8 Å². The number of aromatic nitrogens is 2. The molecule has 106 valence electrons. The van der Waals surface area contributed by atoms with E-state index in [1.165, 1.54) is 6.07 Å². The minimum atomic E-state index is -4.61. The fourth-order valence-corrected chi connectivity index (χ4v) is 2.56. The summed E-state index contributed by atoms with van der Waals surface area (Å²) in [6.07, 6.45) is -4.61. The Morgan fingerprint density at radius 1 is 1.05 bits per heavy atom. The van der Waals surface area contributed by atoms with Gasteiger partial charge in [0.25, 0.3) is 0 Å². The largest absolute Gasteiger partial charge is 0.451 e. The van der Waals surface area contributed by atoms with E-state index in [-0.39, 0.29) is 10.2 Å². The molecular weight excluding hydrogens is 332 g/mol. The molecule has 0 aliphatic rings. The Bertz CT molecular complexity index is 603. The van der Waals surface area contributed by atoms with Crippen LogP contribution in [0.1, 0.15) is 11.4 Å². The van der Waals surface area contributed by atoms with Crippen molar-refractivity contribution < 1.29 is 13.2 Å². The van der Waals surface area contributed by atoms with Crippen LogP contribution < -0.4 is 0 Å². The van der Waals surface area contributed by atoms with E-state index < -0.39 is 12.0 Å². The Hall–Kier alpha value is -0.980. The fourth-order valence-electron chi connectivity index (χ4n) is 1.34. The van der Waals surface area contributed by atoms with Crippen LogP contribution in [0.3, 0.4) is 0 Å². The summed E-state index contributed by atoms with van der Waals surface area (Å²) in [4.78, 5) is 6.62. The van der Waals surface area contributed by atoms with Gasteiger partial charge >= 0.3 is 6.18 Å². The first-order valence-electron chi connectivity index (χ1n) is 5.33. The molecule has 0 aliphatic carbocycles. The molecule has 1 aromatic carbocycles. The van der Waals surface area contributed by atoms with Crippen molar-refractivity contribution in [1.82, 2.24) is 9.97 Å². The lowest BCUT2D eigenvalue weighted by Crippen LogP contribution is -2.11. The van der Waals surface area contributed by atoms with Crippen LogP contribution in [-0.2, 0) is 11.9 Å². The number of alkyl halides is 3. The quantitative estimate of drug-likeness (QED) is 0.575. The molecule has 0 N–H and O–H groups in total. The van der Waals surface area contributed by atoms with Crippen LogP contribution in [0.25, 0.3) is 0 Å². The number of thioether (sulfide) groups is 1. The van der Waals surface area contributed by atoms with Crippen molar-refractivity contribution in [2.45, 2.75) is 17.0 Å². The third-order valence-electron chi connectivity index (χ3n) is 2.22. The Morgan fingerprint density at radius 2 is 1.70 bits per heavy atom. The van der Waals surface area contributed by atoms with Crippen molar-refractivity contribution in [3.05, 3.63) is 51.9 Å². The van der Waals surface area contributed by atoms with Crippen molar-refractivity contribution in [3.63, 3.8) is 0 Å². The maximum atomic E-state index is 12.5. The van der Waals surface area contributed by atoms with Crippen LogP contribution in [0, 0.1) is 0 Å². The topological polar surface area (TPSA) is 25.8 Å². The van der Waals surface area contributed by atoms with E-state index in [1.54, 1.807) is 24.3 Å². The number of nitrogens with zero attached hydrogens (tertiary/aromatic N) is 2.